The van der Waals surface area contributed by atoms with Crippen LogP contribution in [0.2, 0.25) is 5.82 Å². The molecule has 0 saturated heterocycles. The van der Waals surface area contributed by atoms with Gasteiger partial charge in [0.15, 0.2) is 0 Å². The van der Waals surface area contributed by atoms with E-state index in [0.29, 0.717) is 0 Å². The molecule has 0 aliphatic rings. The Hall–Kier alpha value is 0.869. The van der Waals surface area contributed by atoms with Crippen molar-refractivity contribution >= 4 is 24.0 Å². The average molecular weight is 155 g/mol. The van der Waals surface area contributed by atoms with Gasteiger partial charge < -0.3 is 0 Å². The van der Waals surface area contributed by atoms with Crippen LogP contribution >= 0.6 is 10.2 Å². The minimum absolute atomic E-state index is 0.842. The van der Waals surface area contributed by atoms with Crippen molar-refractivity contribution in [3.05, 3.63) is 0 Å². The predicted molar refractivity (Wildman–Crippen MR) is 29.7 cm³/mol. The van der Waals surface area contributed by atoms with Gasteiger partial charge in [-0.25, -0.2) is 0 Å². The van der Waals surface area contributed by atoms with E-state index in [0.717, 1.165) is 13.8 Å². The van der Waals surface area contributed by atoms with Crippen molar-refractivity contribution < 1.29 is 0 Å². The van der Waals surface area contributed by atoms with E-state index in [9.17, 15) is 0 Å². The summed E-state index contributed by atoms with van der Waals surface area (Å²) in [6, 6.07) is 0. The van der Waals surface area contributed by atoms with E-state index in [4.69, 9.17) is 0 Å². The quantitative estimate of drug-likeness (QED) is 0.543. The molecule has 0 nitrogen and oxygen atoms in total. The molecule has 0 aromatic rings. The summed E-state index contributed by atoms with van der Waals surface area (Å²) in [5.41, 5.74) is 0. The Labute approximate surface area is 42.9 Å². The molecule has 0 aromatic carbocycles. The predicted octanol–water partition coefficient (Wildman–Crippen LogP) is 1.41. The average Bonchev–Trinajstić information content (AvgIpc) is 1.41. The van der Waals surface area contributed by atoms with E-state index in [1.54, 1.807) is 0 Å². The van der Waals surface area contributed by atoms with Gasteiger partial charge in [0.2, 0.25) is 0 Å². The molecule has 0 radical (unpaired) electrons. The maximum atomic E-state index is 2.24. The Bertz CT molecular complexity index is 14.4. The van der Waals surface area contributed by atoms with Gasteiger partial charge in [0, 0.05) is 0 Å². The molecular formula is C3H8SSe. The van der Waals surface area contributed by atoms with Crippen LogP contribution in [0.1, 0.15) is 6.92 Å². The molecule has 5 heavy (non-hydrogen) atoms. The van der Waals surface area contributed by atoms with Gasteiger partial charge >= 0.3 is 42.5 Å². The summed E-state index contributed by atoms with van der Waals surface area (Å²) in [5, 5.41) is 0. The number of hydrogen-bond acceptors (Lipinski definition) is 1. The molecule has 0 aliphatic heterocycles. The van der Waals surface area contributed by atoms with Crippen LogP contribution in [0.3, 0.4) is 0 Å². The monoisotopic (exact) mass is 156 g/mol. The molecular weight excluding hydrogens is 147 g/mol. The van der Waals surface area contributed by atoms with Crippen LogP contribution in [0.15, 0.2) is 0 Å². The molecule has 0 unspecified atom stereocenters. The van der Waals surface area contributed by atoms with Crippen molar-refractivity contribution in [2.24, 2.45) is 0 Å². The molecule has 0 rings (SSSR count). The summed E-state index contributed by atoms with van der Waals surface area (Å²) in [7, 11) is 2.03. The molecule has 0 aromatic heterocycles. The standard InChI is InChI=1S/C3H8SSe/c1-3-4-5-2/h3H2,1-2H3. The van der Waals surface area contributed by atoms with E-state index in [1.165, 1.54) is 5.75 Å². The fourth-order valence-electron chi connectivity index (χ4n) is 0.118. The fourth-order valence-corrected chi connectivity index (χ4v) is 1.84. The van der Waals surface area contributed by atoms with Crippen LogP contribution < -0.4 is 0 Å². The van der Waals surface area contributed by atoms with Crippen LogP contribution in [0.25, 0.3) is 0 Å². The third-order valence-corrected chi connectivity index (χ3v) is 3.67. The zero-order valence-electron chi connectivity index (χ0n) is 3.52. The van der Waals surface area contributed by atoms with Gasteiger partial charge in [-0.05, 0) is 0 Å². The van der Waals surface area contributed by atoms with Crippen LogP contribution in [-0.2, 0) is 0 Å². The van der Waals surface area contributed by atoms with Crippen LogP contribution in [0.5, 0.6) is 0 Å². The molecule has 2 heteroatoms. The first kappa shape index (κ1) is 5.87. The molecule has 0 saturated carbocycles. The van der Waals surface area contributed by atoms with E-state index >= 15 is 0 Å². The number of hydrogen-bond donors (Lipinski definition) is 0. The second-order valence-corrected chi connectivity index (χ2v) is 5.30. The van der Waals surface area contributed by atoms with Crippen molar-refractivity contribution in [2.75, 3.05) is 5.75 Å². The normalized spacial score (nSPS) is 8.40. The van der Waals surface area contributed by atoms with Crippen LogP contribution in [0, 0.1) is 0 Å². The Balaban J connectivity index is 2.19. The molecule has 0 N–H and O–H groups in total. The third kappa shape index (κ3) is 4.87. The van der Waals surface area contributed by atoms with E-state index < -0.39 is 0 Å². The van der Waals surface area contributed by atoms with Crippen molar-refractivity contribution in [2.45, 2.75) is 12.7 Å². The van der Waals surface area contributed by atoms with Gasteiger partial charge in [0.05, 0.1) is 0 Å². The summed E-state index contributed by atoms with van der Waals surface area (Å²) in [5.74, 6) is 3.53. The van der Waals surface area contributed by atoms with Crippen LogP contribution in [0.4, 0.5) is 0 Å². The Morgan fingerprint density at radius 2 is 2.40 bits per heavy atom. The Kier molecular flexibility index (Phi) is 5.72. The molecule has 0 atom stereocenters. The molecule has 0 aliphatic carbocycles. The van der Waals surface area contributed by atoms with Gasteiger partial charge in [0.25, 0.3) is 0 Å². The SMILES string of the molecule is CCS[Se]C. The minimum atomic E-state index is 0.842. The Morgan fingerprint density at radius 3 is 2.40 bits per heavy atom. The molecule has 0 amide bonds. The summed E-state index contributed by atoms with van der Waals surface area (Å²) < 4.78 is 0. The zero-order chi connectivity index (χ0) is 4.12. The van der Waals surface area contributed by atoms with E-state index in [2.05, 4.69) is 12.7 Å². The first-order valence-electron chi connectivity index (χ1n) is 1.57. The van der Waals surface area contributed by atoms with Gasteiger partial charge in [-0.3, -0.25) is 0 Å². The molecule has 32 valence electrons. The maximum absolute atomic E-state index is 2.24. The molecule has 0 fully saturated rings. The second kappa shape index (κ2) is 4.87. The first-order valence-corrected chi connectivity index (χ1v) is 6.29. The molecule has 0 bridgehead atoms. The second-order valence-electron chi connectivity index (χ2n) is 0.573. The number of rotatable bonds is 2. The van der Waals surface area contributed by atoms with Crippen molar-refractivity contribution in [3.8, 4) is 0 Å². The van der Waals surface area contributed by atoms with Crippen molar-refractivity contribution in [1.82, 2.24) is 0 Å². The van der Waals surface area contributed by atoms with Gasteiger partial charge in [-0.15, -0.1) is 0 Å². The van der Waals surface area contributed by atoms with Crippen molar-refractivity contribution in [3.63, 3.8) is 0 Å². The molecule has 0 spiro atoms. The van der Waals surface area contributed by atoms with Gasteiger partial charge in [0.1, 0.15) is 0 Å². The van der Waals surface area contributed by atoms with E-state index in [1.807, 2.05) is 10.2 Å². The summed E-state index contributed by atoms with van der Waals surface area (Å²) in [6.45, 7) is 2.19. The van der Waals surface area contributed by atoms with Crippen molar-refractivity contribution in [1.29, 1.82) is 0 Å². The van der Waals surface area contributed by atoms with Crippen LogP contribution in [-0.4, -0.2) is 19.6 Å². The summed E-state index contributed by atoms with van der Waals surface area (Å²) in [4.78, 5) is 0. The third-order valence-electron chi connectivity index (χ3n) is 0.236. The van der Waals surface area contributed by atoms with Gasteiger partial charge in [-0.1, -0.05) is 0 Å². The van der Waals surface area contributed by atoms with E-state index in [-0.39, 0.29) is 0 Å². The first-order chi connectivity index (χ1) is 2.41. The fraction of sp³-hybridized carbons (Fsp3) is 1.00. The zero-order valence-corrected chi connectivity index (χ0v) is 6.05. The molecule has 0 heterocycles. The summed E-state index contributed by atoms with van der Waals surface area (Å²) in [6.07, 6.45) is 0. The topological polar surface area (TPSA) is 0 Å². The summed E-state index contributed by atoms with van der Waals surface area (Å²) >= 11 is 0.842. The van der Waals surface area contributed by atoms with Gasteiger partial charge in [-0.2, -0.15) is 0 Å². The Morgan fingerprint density at radius 1 is 1.80 bits per heavy atom.